The number of carbonyl (C=O) groups excluding carboxylic acids is 1. The van der Waals surface area contributed by atoms with E-state index in [4.69, 9.17) is 4.74 Å². The van der Waals surface area contributed by atoms with E-state index in [2.05, 4.69) is 14.9 Å². The number of ketones is 1. The molecule has 116 valence electrons. The van der Waals surface area contributed by atoms with Gasteiger partial charge >= 0.3 is 0 Å². The molecule has 4 rings (SSSR count). The summed E-state index contributed by atoms with van der Waals surface area (Å²) in [6.45, 7) is 2.23. The molecule has 0 radical (unpaired) electrons. The van der Waals surface area contributed by atoms with Crippen LogP contribution in [0, 0.1) is 0 Å². The molecule has 1 fully saturated rings. The Hall–Kier alpha value is -2.31. The fraction of sp³-hybridized carbons (Fsp3) is 0.235. The molecular formula is C17H15N3O2S. The average Bonchev–Trinajstić information content (AvgIpc) is 3.14. The van der Waals surface area contributed by atoms with Gasteiger partial charge in [0.15, 0.2) is 5.65 Å². The van der Waals surface area contributed by atoms with Gasteiger partial charge in [-0.2, -0.15) is 4.98 Å². The van der Waals surface area contributed by atoms with E-state index in [1.165, 1.54) is 16.9 Å². The number of ether oxygens (including phenoxy) is 1. The quantitative estimate of drug-likeness (QED) is 0.737. The van der Waals surface area contributed by atoms with E-state index in [0.717, 1.165) is 23.5 Å². The number of benzene rings is 1. The van der Waals surface area contributed by atoms with E-state index in [-0.39, 0.29) is 0 Å². The minimum Gasteiger partial charge on any atom is -0.431 e. The Labute approximate surface area is 137 Å². The molecule has 3 aromatic rings. The maximum Gasteiger partial charge on any atom is 0.281 e. The van der Waals surface area contributed by atoms with Crippen LogP contribution in [0.2, 0.25) is 0 Å². The third-order valence-electron chi connectivity index (χ3n) is 3.79. The predicted octanol–water partition coefficient (Wildman–Crippen LogP) is 3.26. The van der Waals surface area contributed by atoms with Crippen LogP contribution in [0.4, 0.5) is 0 Å². The van der Waals surface area contributed by atoms with Gasteiger partial charge in [0.25, 0.3) is 5.19 Å². The van der Waals surface area contributed by atoms with Crippen molar-refractivity contribution in [3.05, 3.63) is 48.2 Å². The van der Waals surface area contributed by atoms with Crippen LogP contribution in [0.1, 0.15) is 12.0 Å². The van der Waals surface area contributed by atoms with Crippen LogP contribution in [0.25, 0.3) is 10.3 Å². The Balaban J connectivity index is 1.44. The molecule has 0 unspecified atom stereocenters. The molecule has 0 saturated carbocycles. The van der Waals surface area contributed by atoms with Crippen LogP contribution >= 0.6 is 11.3 Å². The van der Waals surface area contributed by atoms with Gasteiger partial charge in [-0.05, 0) is 29.8 Å². The monoisotopic (exact) mass is 325 g/mol. The molecule has 6 heteroatoms. The highest BCUT2D eigenvalue weighted by molar-refractivity contribution is 7.20. The number of aromatic nitrogens is 2. The van der Waals surface area contributed by atoms with Crippen LogP contribution in [0.3, 0.4) is 0 Å². The predicted molar refractivity (Wildman–Crippen MR) is 88.8 cm³/mol. The molecule has 0 atom stereocenters. The number of rotatable bonds is 4. The number of Topliss-reactive ketones (excluding diaryl/α,β-unsaturated/α-hetero) is 1. The fourth-order valence-corrected chi connectivity index (χ4v) is 3.43. The van der Waals surface area contributed by atoms with Crippen LogP contribution in [0.5, 0.6) is 10.9 Å². The van der Waals surface area contributed by atoms with Gasteiger partial charge in [-0.15, -0.1) is 0 Å². The Kier molecular flexibility index (Phi) is 3.77. The first-order valence-electron chi connectivity index (χ1n) is 7.49. The summed E-state index contributed by atoms with van der Waals surface area (Å²) < 4.78 is 6.82. The second-order valence-electron chi connectivity index (χ2n) is 5.55. The van der Waals surface area contributed by atoms with Crippen molar-refractivity contribution in [2.24, 2.45) is 0 Å². The number of hydrogen-bond acceptors (Lipinski definition) is 6. The summed E-state index contributed by atoms with van der Waals surface area (Å²) in [6.07, 6.45) is 2.40. The van der Waals surface area contributed by atoms with E-state index >= 15 is 0 Å². The highest BCUT2D eigenvalue weighted by Crippen LogP contribution is 2.30. The minimum absolute atomic E-state index is 0.328. The normalized spacial score (nSPS) is 15.4. The summed E-state index contributed by atoms with van der Waals surface area (Å²) in [5, 5.41) is 0.594. The zero-order valence-electron chi connectivity index (χ0n) is 12.4. The van der Waals surface area contributed by atoms with Gasteiger partial charge in [0.05, 0.1) is 11.2 Å². The van der Waals surface area contributed by atoms with Gasteiger partial charge in [0.1, 0.15) is 11.5 Å². The van der Waals surface area contributed by atoms with Gasteiger partial charge in [-0.1, -0.05) is 23.5 Å². The maximum absolute atomic E-state index is 11.3. The summed E-state index contributed by atoms with van der Waals surface area (Å²) in [4.78, 5) is 22.0. The number of nitrogens with zero attached hydrogens (tertiary/aromatic N) is 3. The largest absolute Gasteiger partial charge is 0.431 e. The molecule has 0 aliphatic carbocycles. The van der Waals surface area contributed by atoms with Gasteiger partial charge in [0, 0.05) is 25.7 Å². The van der Waals surface area contributed by atoms with E-state index in [0.29, 0.717) is 29.6 Å². The van der Waals surface area contributed by atoms with Crippen LogP contribution in [0.15, 0.2) is 42.6 Å². The van der Waals surface area contributed by atoms with Crippen molar-refractivity contribution in [1.82, 2.24) is 14.9 Å². The first-order chi connectivity index (χ1) is 11.3. The maximum atomic E-state index is 11.3. The SMILES string of the molecule is O=C1CCN(Cc2ccc(Oc3nc4ncccc4s3)cc2)C1. The van der Waals surface area contributed by atoms with Crippen LogP contribution in [-0.4, -0.2) is 33.7 Å². The zero-order valence-corrected chi connectivity index (χ0v) is 13.3. The van der Waals surface area contributed by atoms with Gasteiger partial charge in [0.2, 0.25) is 0 Å². The Bertz CT molecular complexity index is 811. The van der Waals surface area contributed by atoms with Crippen molar-refractivity contribution in [2.75, 3.05) is 13.1 Å². The van der Waals surface area contributed by atoms with E-state index in [1.54, 1.807) is 6.20 Å². The zero-order chi connectivity index (χ0) is 15.6. The topological polar surface area (TPSA) is 55.3 Å². The minimum atomic E-state index is 0.328. The number of carbonyl (C=O) groups is 1. The summed E-state index contributed by atoms with van der Waals surface area (Å²) in [5.74, 6) is 1.08. The fourth-order valence-electron chi connectivity index (χ4n) is 2.64. The van der Waals surface area contributed by atoms with Crippen molar-refractivity contribution in [3.8, 4) is 10.9 Å². The lowest BCUT2D eigenvalue weighted by Crippen LogP contribution is -2.19. The smallest absolute Gasteiger partial charge is 0.281 e. The highest BCUT2D eigenvalue weighted by atomic mass is 32.1. The van der Waals surface area contributed by atoms with Crippen LogP contribution < -0.4 is 4.74 Å². The number of pyridine rings is 1. The lowest BCUT2D eigenvalue weighted by Gasteiger charge is -2.13. The molecule has 1 aliphatic rings. The van der Waals surface area contributed by atoms with Gasteiger partial charge in [-0.25, -0.2) is 4.98 Å². The number of likely N-dealkylation sites (tertiary alicyclic amines) is 1. The van der Waals surface area contributed by atoms with E-state index in [1.807, 2.05) is 36.4 Å². The molecule has 0 N–H and O–H groups in total. The summed E-state index contributed by atoms with van der Waals surface area (Å²) in [7, 11) is 0. The summed E-state index contributed by atoms with van der Waals surface area (Å²) >= 11 is 1.48. The standard InChI is InChI=1S/C17H15N3O2S/c21-13-7-9-20(11-13)10-12-3-5-14(6-4-12)22-17-19-16-15(23-17)2-1-8-18-16/h1-6,8H,7,9-11H2. The number of hydrogen-bond donors (Lipinski definition) is 0. The van der Waals surface area contributed by atoms with Crippen molar-refractivity contribution < 1.29 is 9.53 Å². The molecule has 0 bridgehead atoms. The molecule has 2 aromatic heterocycles. The van der Waals surface area contributed by atoms with Crippen LogP contribution in [-0.2, 0) is 11.3 Å². The number of thiazole rings is 1. The average molecular weight is 325 g/mol. The summed E-state index contributed by atoms with van der Waals surface area (Å²) in [6, 6.07) is 11.8. The molecule has 3 heterocycles. The second-order valence-corrected chi connectivity index (χ2v) is 6.54. The molecular weight excluding hydrogens is 310 g/mol. The van der Waals surface area contributed by atoms with Gasteiger partial charge < -0.3 is 4.74 Å². The van der Waals surface area contributed by atoms with Crippen molar-refractivity contribution in [3.63, 3.8) is 0 Å². The third-order valence-corrected chi connectivity index (χ3v) is 4.67. The summed E-state index contributed by atoms with van der Waals surface area (Å²) in [5.41, 5.74) is 1.89. The molecule has 0 spiro atoms. The molecule has 1 aromatic carbocycles. The molecule has 1 aliphatic heterocycles. The van der Waals surface area contributed by atoms with Crippen molar-refractivity contribution >= 4 is 27.5 Å². The molecule has 5 nitrogen and oxygen atoms in total. The molecule has 1 saturated heterocycles. The first kappa shape index (κ1) is 14.3. The number of fused-ring (bicyclic) bond motifs is 1. The lowest BCUT2D eigenvalue weighted by atomic mass is 10.2. The lowest BCUT2D eigenvalue weighted by molar-refractivity contribution is -0.116. The van der Waals surface area contributed by atoms with Crippen molar-refractivity contribution in [2.45, 2.75) is 13.0 Å². The highest BCUT2D eigenvalue weighted by Gasteiger charge is 2.18. The second kappa shape index (κ2) is 6.06. The molecule has 0 amide bonds. The van der Waals surface area contributed by atoms with Gasteiger partial charge in [-0.3, -0.25) is 9.69 Å². The van der Waals surface area contributed by atoms with Crippen molar-refractivity contribution in [1.29, 1.82) is 0 Å². The Morgan fingerprint density at radius 1 is 1.22 bits per heavy atom. The van der Waals surface area contributed by atoms with E-state index < -0.39 is 0 Å². The van der Waals surface area contributed by atoms with E-state index in [9.17, 15) is 4.79 Å². The third kappa shape index (κ3) is 3.23. The molecule has 23 heavy (non-hydrogen) atoms. The first-order valence-corrected chi connectivity index (χ1v) is 8.30. The Morgan fingerprint density at radius 3 is 2.83 bits per heavy atom. The Morgan fingerprint density at radius 2 is 2.09 bits per heavy atom.